The first-order valence-electron chi connectivity index (χ1n) is 19.8. The summed E-state index contributed by atoms with van der Waals surface area (Å²) in [4.78, 5) is 33.7. The van der Waals surface area contributed by atoms with Crippen molar-refractivity contribution < 1.29 is 49.4 Å². The zero-order valence-electron chi connectivity index (χ0n) is 34.2. The summed E-state index contributed by atoms with van der Waals surface area (Å²) in [7, 11) is -1.17. The summed E-state index contributed by atoms with van der Waals surface area (Å²) in [5.74, 6) is -8.98. The number of nitrogens with zero attached hydrogens (tertiary/aromatic N) is 7. The number of rotatable bonds is 13. The van der Waals surface area contributed by atoms with Gasteiger partial charge in [0.05, 0.1) is 58.5 Å². The maximum Gasteiger partial charge on any atom is 0.293 e. The number of carbonyl (C=O) groups is 1. The topological polar surface area (TPSA) is 166 Å². The van der Waals surface area contributed by atoms with E-state index in [9.17, 15) is 40.7 Å². The van der Waals surface area contributed by atoms with E-state index in [2.05, 4.69) is 20.5 Å². The minimum atomic E-state index is -4.10. The standard InChI is InChI=1S/C43H35ClF6N8O6S/c1-55-37-32(11-10-29(44)35(37)41(54-55)57(65(3,62)63)18-20-4-7-25(64-2)8-5-20)58-40(52-30-16-24(59)6-9-26(30)42(58)61)31(14-21-12-22(45)15-23(46)13-21)51-33(60)19-56-38-34(36(53-56)39(47)48)27-17-28(27)43(38,49)50/h4-13,15-16,27-28,31,39,59H,14,17-19H2,1-3H3,(H,51,60)/t27?,28-,31+/m1/s1. The van der Waals surface area contributed by atoms with Gasteiger partial charge in [-0.15, -0.1) is 0 Å². The van der Waals surface area contributed by atoms with Crippen molar-refractivity contribution in [3.05, 3.63) is 134 Å². The molecule has 4 aromatic carbocycles. The maximum atomic E-state index is 15.5. The van der Waals surface area contributed by atoms with E-state index in [1.165, 1.54) is 43.1 Å². The number of methoxy groups -OCH3 is 1. The molecule has 0 aliphatic heterocycles. The van der Waals surface area contributed by atoms with Crippen LogP contribution in [0, 0.1) is 17.6 Å². The molecule has 2 aliphatic carbocycles. The van der Waals surface area contributed by atoms with Crippen LogP contribution in [0.4, 0.5) is 32.2 Å². The molecule has 338 valence electrons. The molecule has 1 fully saturated rings. The van der Waals surface area contributed by atoms with Gasteiger partial charge in [-0.1, -0.05) is 23.7 Å². The molecule has 2 aliphatic rings. The number of phenolic OH excluding ortho intramolecular Hbond substituents is 1. The van der Waals surface area contributed by atoms with E-state index in [-0.39, 0.29) is 74.0 Å². The number of amides is 1. The van der Waals surface area contributed by atoms with Gasteiger partial charge in [0, 0.05) is 37.1 Å². The van der Waals surface area contributed by atoms with E-state index in [1.807, 2.05) is 0 Å². The molecule has 0 spiro atoms. The van der Waals surface area contributed by atoms with Gasteiger partial charge in [0.1, 0.15) is 46.9 Å². The Bertz CT molecular complexity index is 3250. The summed E-state index contributed by atoms with van der Waals surface area (Å²) in [5, 5.41) is 21.4. The zero-order chi connectivity index (χ0) is 46.4. The van der Waals surface area contributed by atoms with Crippen molar-refractivity contribution in [2.45, 2.75) is 50.2 Å². The highest BCUT2D eigenvalue weighted by atomic mass is 35.5. The number of carbonyl (C=O) groups excluding carboxylic acids is 1. The van der Waals surface area contributed by atoms with E-state index in [1.54, 1.807) is 24.3 Å². The highest BCUT2D eigenvalue weighted by Gasteiger charge is 2.67. The minimum Gasteiger partial charge on any atom is -0.508 e. The predicted octanol–water partition coefficient (Wildman–Crippen LogP) is 7.33. The lowest BCUT2D eigenvalue weighted by molar-refractivity contribution is -0.123. The van der Waals surface area contributed by atoms with Crippen LogP contribution >= 0.6 is 11.6 Å². The Morgan fingerprint density at radius 1 is 1.03 bits per heavy atom. The normalized spacial score (nSPS) is 16.8. The van der Waals surface area contributed by atoms with Crippen molar-refractivity contribution >= 4 is 55.2 Å². The number of aryl methyl sites for hydroxylation is 1. The third-order valence-electron chi connectivity index (χ3n) is 11.6. The average molecular weight is 941 g/mol. The molecule has 0 radical (unpaired) electrons. The van der Waals surface area contributed by atoms with E-state index < -0.39 is 87.7 Å². The second kappa shape index (κ2) is 15.8. The largest absolute Gasteiger partial charge is 0.508 e. The van der Waals surface area contributed by atoms with Crippen molar-refractivity contribution in [3.8, 4) is 17.2 Å². The number of nitrogens with one attached hydrogen (secondary N) is 1. The number of phenols is 1. The van der Waals surface area contributed by atoms with E-state index in [4.69, 9.17) is 16.3 Å². The molecule has 9 rings (SSSR count). The third-order valence-corrected chi connectivity index (χ3v) is 13.0. The molecule has 0 bridgehead atoms. The molecule has 1 amide bonds. The molecule has 1 saturated carbocycles. The Balaban J connectivity index is 1.22. The van der Waals surface area contributed by atoms with Crippen LogP contribution in [0.3, 0.4) is 0 Å². The quantitative estimate of drug-likeness (QED) is 0.113. The van der Waals surface area contributed by atoms with Crippen LogP contribution in [0.15, 0.2) is 77.6 Å². The second-order valence-electron chi connectivity index (χ2n) is 15.9. The zero-order valence-corrected chi connectivity index (χ0v) is 35.8. The van der Waals surface area contributed by atoms with Crippen molar-refractivity contribution in [2.75, 3.05) is 17.7 Å². The Labute approximate surface area is 369 Å². The molecule has 3 aromatic heterocycles. The Hall–Kier alpha value is -6.61. The maximum absolute atomic E-state index is 15.5. The van der Waals surface area contributed by atoms with Gasteiger partial charge in [-0.25, -0.2) is 35.3 Å². The molecule has 3 heterocycles. The highest BCUT2D eigenvalue weighted by Crippen LogP contribution is 2.68. The van der Waals surface area contributed by atoms with Crippen LogP contribution in [0.1, 0.15) is 58.7 Å². The number of aromatic hydroxyl groups is 1. The SMILES string of the molecule is COc1ccc(CN(c2nn(C)c3c(-n4c([C@H](Cc5cc(F)cc(F)c5)NC(=O)Cn5nc(C(F)F)c6c5C(F)(F)[C@@H]5CC65)nc5cc(O)ccc5c4=O)ccc(Cl)c23)S(C)(=O)=O)cc1. The van der Waals surface area contributed by atoms with Crippen LogP contribution in [0.2, 0.25) is 5.02 Å². The molecule has 0 saturated heterocycles. The number of hydrogen-bond donors (Lipinski definition) is 2. The number of halogens is 7. The molecule has 65 heavy (non-hydrogen) atoms. The molecule has 2 N–H and O–H groups in total. The van der Waals surface area contributed by atoms with Crippen molar-refractivity contribution in [1.82, 2.24) is 34.4 Å². The lowest BCUT2D eigenvalue weighted by Crippen LogP contribution is -2.38. The summed E-state index contributed by atoms with van der Waals surface area (Å²) < 4.78 is 125. The summed E-state index contributed by atoms with van der Waals surface area (Å²) in [6.07, 6.45) is -2.77. The molecule has 3 atom stereocenters. The van der Waals surface area contributed by atoms with Crippen LogP contribution in [0.25, 0.3) is 27.5 Å². The van der Waals surface area contributed by atoms with Crippen molar-refractivity contribution in [3.63, 3.8) is 0 Å². The van der Waals surface area contributed by atoms with Gasteiger partial charge in [-0.2, -0.15) is 19.0 Å². The van der Waals surface area contributed by atoms with Crippen LogP contribution < -0.4 is 19.9 Å². The summed E-state index contributed by atoms with van der Waals surface area (Å²) in [6.45, 7) is -1.23. The fraction of sp³-hybridized carbons (Fsp3) is 0.279. The molecule has 14 nitrogen and oxygen atoms in total. The number of sulfonamides is 1. The highest BCUT2D eigenvalue weighted by molar-refractivity contribution is 7.92. The Morgan fingerprint density at radius 2 is 1.74 bits per heavy atom. The van der Waals surface area contributed by atoms with Gasteiger partial charge < -0.3 is 15.2 Å². The molecule has 22 heteroatoms. The first-order chi connectivity index (χ1) is 30.7. The van der Waals surface area contributed by atoms with E-state index >= 15 is 8.78 Å². The van der Waals surface area contributed by atoms with E-state index in [0.29, 0.717) is 22.1 Å². The van der Waals surface area contributed by atoms with Gasteiger partial charge in [0.25, 0.3) is 17.9 Å². The monoisotopic (exact) mass is 940 g/mol. The second-order valence-corrected chi connectivity index (χ2v) is 18.3. The molecular formula is C43H35ClF6N8O6S. The first kappa shape index (κ1) is 43.6. The first-order valence-corrected chi connectivity index (χ1v) is 22.0. The number of benzene rings is 4. The lowest BCUT2D eigenvalue weighted by atomic mass is 10.0. The predicted molar refractivity (Wildman–Crippen MR) is 225 cm³/mol. The summed E-state index contributed by atoms with van der Waals surface area (Å²) in [6, 6.07) is 14.0. The summed E-state index contributed by atoms with van der Waals surface area (Å²) in [5.41, 5.74) is -2.37. The van der Waals surface area contributed by atoms with Gasteiger partial charge in [-0.05, 0) is 72.0 Å². The lowest BCUT2D eigenvalue weighted by Gasteiger charge is -2.24. The fourth-order valence-corrected chi connectivity index (χ4v) is 9.78. The van der Waals surface area contributed by atoms with Gasteiger partial charge in [0.15, 0.2) is 5.82 Å². The number of aromatic nitrogens is 6. The number of ether oxygens (including phenoxy) is 1. The fourth-order valence-electron chi connectivity index (χ4n) is 8.72. The van der Waals surface area contributed by atoms with Crippen molar-refractivity contribution in [2.24, 2.45) is 13.0 Å². The smallest absolute Gasteiger partial charge is 0.293 e. The molecular weight excluding hydrogens is 906 g/mol. The molecule has 7 aromatic rings. The minimum absolute atomic E-state index is 0.00736. The number of hydrogen-bond acceptors (Lipinski definition) is 9. The summed E-state index contributed by atoms with van der Waals surface area (Å²) >= 11 is 6.84. The number of anilines is 1. The van der Waals surface area contributed by atoms with Crippen LogP contribution in [-0.2, 0) is 47.3 Å². The van der Waals surface area contributed by atoms with E-state index in [0.717, 1.165) is 33.3 Å². The number of alkyl halides is 4. The van der Waals surface area contributed by atoms with Gasteiger partial charge in [-0.3, -0.25) is 23.5 Å². The van der Waals surface area contributed by atoms with Crippen LogP contribution in [-0.4, -0.2) is 61.9 Å². The van der Waals surface area contributed by atoms with Crippen molar-refractivity contribution in [1.29, 1.82) is 0 Å². The third kappa shape index (κ3) is 7.68. The van der Waals surface area contributed by atoms with Gasteiger partial charge >= 0.3 is 0 Å². The molecule has 1 unspecified atom stereocenters. The Kier molecular flexibility index (Phi) is 10.6. The Morgan fingerprint density at radius 3 is 2.40 bits per heavy atom. The van der Waals surface area contributed by atoms with Gasteiger partial charge in [0.2, 0.25) is 15.9 Å². The average Bonchev–Trinajstić information content (AvgIpc) is 3.76. The van der Waals surface area contributed by atoms with Crippen LogP contribution in [0.5, 0.6) is 11.5 Å². The number of fused-ring (bicyclic) bond motifs is 5.